The Balaban J connectivity index is 1.86. The Morgan fingerprint density at radius 3 is 2.85 bits per heavy atom. The summed E-state index contributed by atoms with van der Waals surface area (Å²) >= 11 is 5.31. The second kappa shape index (κ2) is 8.36. The van der Waals surface area contributed by atoms with Crippen molar-refractivity contribution < 1.29 is 14.3 Å². The third-order valence-corrected chi connectivity index (χ3v) is 4.56. The highest BCUT2D eigenvalue weighted by Crippen LogP contribution is 2.25. The smallest absolute Gasteiger partial charge is 0.279 e. The zero-order chi connectivity index (χ0) is 19.4. The quantitative estimate of drug-likeness (QED) is 0.404. The minimum atomic E-state index is -0.339. The fourth-order valence-electron chi connectivity index (χ4n) is 2.88. The van der Waals surface area contributed by atoms with E-state index in [-0.39, 0.29) is 22.8 Å². The summed E-state index contributed by atoms with van der Waals surface area (Å²) in [5, 5.41) is 3.57. The molecule has 1 aromatic carbocycles. The Hall–Kier alpha value is -2.65. The first-order chi connectivity index (χ1) is 13.0. The maximum Gasteiger partial charge on any atom is 0.279 e. The second-order valence-corrected chi connectivity index (χ2v) is 6.40. The predicted octanol–water partition coefficient (Wildman–Crippen LogP) is 2.09. The Morgan fingerprint density at radius 1 is 1.30 bits per heavy atom. The number of nitrogens with one attached hydrogen (secondary N) is 3. The standard InChI is InChI=1S/C18H22N4O4S/c1-3-26-8-4-7-19-14(23)10-22-17(24)16-15(21-18(22)27)12-9-11(25-2)5-6-13(12)20-16/h5-6,9,20H,3-4,7-8,10H2,1-2H3,(H,19,23)(H,21,27). The van der Waals surface area contributed by atoms with E-state index in [1.807, 2.05) is 19.1 Å². The molecule has 27 heavy (non-hydrogen) atoms. The summed E-state index contributed by atoms with van der Waals surface area (Å²) in [5.74, 6) is 0.406. The molecule has 0 bridgehead atoms. The molecule has 2 heterocycles. The van der Waals surface area contributed by atoms with Crippen LogP contribution in [0.5, 0.6) is 5.75 Å². The molecule has 1 amide bonds. The molecule has 0 radical (unpaired) electrons. The molecular weight excluding hydrogens is 368 g/mol. The monoisotopic (exact) mass is 390 g/mol. The van der Waals surface area contributed by atoms with Crippen LogP contribution in [-0.2, 0) is 16.1 Å². The highest BCUT2D eigenvalue weighted by atomic mass is 32.1. The summed E-state index contributed by atoms with van der Waals surface area (Å²) in [5.41, 5.74) is 1.42. The van der Waals surface area contributed by atoms with Crippen LogP contribution in [-0.4, -0.2) is 47.3 Å². The zero-order valence-corrected chi connectivity index (χ0v) is 16.1. The molecule has 0 fully saturated rings. The number of rotatable bonds is 8. The third-order valence-electron chi connectivity index (χ3n) is 4.24. The minimum absolute atomic E-state index is 0.141. The number of hydrogen-bond acceptors (Lipinski definition) is 5. The second-order valence-electron chi connectivity index (χ2n) is 6.01. The lowest BCUT2D eigenvalue weighted by Gasteiger charge is -2.08. The first-order valence-electron chi connectivity index (χ1n) is 8.72. The maximum atomic E-state index is 12.8. The molecule has 3 N–H and O–H groups in total. The molecule has 0 atom stereocenters. The lowest BCUT2D eigenvalue weighted by molar-refractivity contribution is -0.121. The number of carbonyl (C=O) groups is 1. The Bertz CT molecular complexity index is 1080. The molecule has 0 saturated heterocycles. The summed E-state index contributed by atoms with van der Waals surface area (Å²) in [6.07, 6.45) is 0.713. The largest absolute Gasteiger partial charge is 0.497 e. The van der Waals surface area contributed by atoms with Gasteiger partial charge < -0.3 is 24.8 Å². The van der Waals surface area contributed by atoms with Crippen molar-refractivity contribution in [2.24, 2.45) is 0 Å². The van der Waals surface area contributed by atoms with E-state index in [0.29, 0.717) is 43.0 Å². The number of ether oxygens (including phenoxy) is 2. The lowest BCUT2D eigenvalue weighted by atomic mass is 10.2. The van der Waals surface area contributed by atoms with Gasteiger partial charge in [-0.05, 0) is 43.8 Å². The highest BCUT2D eigenvalue weighted by Gasteiger charge is 2.14. The van der Waals surface area contributed by atoms with Crippen molar-refractivity contribution in [1.82, 2.24) is 19.9 Å². The molecule has 8 nitrogen and oxygen atoms in total. The zero-order valence-electron chi connectivity index (χ0n) is 15.3. The molecule has 0 aliphatic rings. The molecule has 3 rings (SSSR count). The van der Waals surface area contributed by atoms with Gasteiger partial charge in [0.2, 0.25) is 5.91 Å². The molecule has 144 valence electrons. The Morgan fingerprint density at radius 2 is 2.11 bits per heavy atom. The number of H-pyrrole nitrogens is 2. The SMILES string of the molecule is CCOCCCNC(=O)Cn1c(=S)[nH]c2c([nH]c3ccc(OC)cc32)c1=O. The Labute approximate surface area is 160 Å². The van der Waals surface area contributed by atoms with Gasteiger partial charge in [0.25, 0.3) is 5.56 Å². The first-order valence-corrected chi connectivity index (χ1v) is 9.13. The van der Waals surface area contributed by atoms with E-state index in [1.165, 1.54) is 4.57 Å². The fourth-order valence-corrected chi connectivity index (χ4v) is 3.13. The van der Waals surface area contributed by atoms with Crippen molar-refractivity contribution >= 4 is 40.1 Å². The number of hydrogen-bond donors (Lipinski definition) is 3. The fraction of sp³-hybridized carbons (Fsp3) is 0.389. The van der Waals surface area contributed by atoms with Gasteiger partial charge in [0.05, 0.1) is 12.6 Å². The van der Waals surface area contributed by atoms with Gasteiger partial charge in [-0.2, -0.15) is 0 Å². The lowest BCUT2D eigenvalue weighted by Crippen LogP contribution is -2.34. The summed E-state index contributed by atoms with van der Waals surface area (Å²) in [7, 11) is 1.58. The summed E-state index contributed by atoms with van der Waals surface area (Å²) in [6.45, 7) is 3.49. The van der Waals surface area contributed by atoms with Crippen LogP contribution in [0, 0.1) is 4.77 Å². The number of benzene rings is 1. The van der Waals surface area contributed by atoms with Crippen molar-refractivity contribution in [3.05, 3.63) is 33.3 Å². The first kappa shape index (κ1) is 19.1. The normalized spacial score (nSPS) is 11.2. The maximum absolute atomic E-state index is 12.8. The van der Waals surface area contributed by atoms with Gasteiger partial charge in [0.15, 0.2) is 4.77 Å². The van der Waals surface area contributed by atoms with E-state index < -0.39 is 0 Å². The predicted molar refractivity (Wildman–Crippen MR) is 106 cm³/mol. The number of carbonyl (C=O) groups excluding carboxylic acids is 1. The van der Waals surface area contributed by atoms with Crippen LogP contribution in [0.15, 0.2) is 23.0 Å². The van der Waals surface area contributed by atoms with Crippen molar-refractivity contribution in [2.45, 2.75) is 19.9 Å². The van der Waals surface area contributed by atoms with Crippen LogP contribution in [0.2, 0.25) is 0 Å². The van der Waals surface area contributed by atoms with E-state index in [4.69, 9.17) is 21.7 Å². The van der Waals surface area contributed by atoms with E-state index in [2.05, 4.69) is 15.3 Å². The van der Waals surface area contributed by atoms with Crippen molar-refractivity contribution in [2.75, 3.05) is 26.9 Å². The minimum Gasteiger partial charge on any atom is -0.497 e. The molecule has 0 spiro atoms. The van der Waals surface area contributed by atoms with Crippen molar-refractivity contribution in [3.8, 4) is 5.75 Å². The highest BCUT2D eigenvalue weighted by molar-refractivity contribution is 7.71. The van der Waals surface area contributed by atoms with Gasteiger partial charge in [0, 0.05) is 30.7 Å². The van der Waals surface area contributed by atoms with Crippen LogP contribution in [0.4, 0.5) is 0 Å². The van der Waals surface area contributed by atoms with E-state index in [9.17, 15) is 9.59 Å². The van der Waals surface area contributed by atoms with Crippen LogP contribution in [0.1, 0.15) is 13.3 Å². The topological polar surface area (TPSA) is 101 Å². The number of aromatic nitrogens is 3. The van der Waals surface area contributed by atoms with Crippen LogP contribution in [0.25, 0.3) is 21.9 Å². The molecule has 0 aliphatic carbocycles. The van der Waals surface area contributed by atoms with Crippen LogP contribution >= 0.6 is 12.2 Å². The van der Waals surface area contributed by atoms with E-state index in [0.717, 1.165) is 10.9 Å². The summed E-state index contributed by atoms with van der Waals surface area (Å²) < 4.78 is 11.9. The number of fused-ring (bicyclic) bond motifs is 3. The molecular formula is C18H22N4O4S. The average Bonchev–Trinajstić information content (AvgIpc) is 3.02. The molecule has 0 saturated carbocycles. The van der Waals surface area contributed by atoms with Crippen molar-refractivity contribution in [3.63, 3.8) is 0 Å². The average molecular weight is 390 g/mol. The number of aromatic amines is 2. The van der Waals surface area contributed by atoms with Gasteiger partial charge >= 0.3 is 0 Å². The van der Waals surface area contributed by atoms with Crippen molar-refractivity contribution in [1.29, 1.82) is 0 Å². The van der Waals surface area contributed by atoms with Crippen LogP contribution in [0.3, 0.4) is 0 Å². The summed E-state index contributed by atoms with van der Waals surface area (Å²) in [6, 6.07) is 5.47. The van der Waals surface area contributed by atoms with Gasteiger partial charge in [-0.15, -0.1) is 0 Å². The number of nitrogens with zero attached hydrogens (tertiary/aromatic N) is 1. The number of methoxy groups -OCH3 is 1. The van der Waals surface area contributed by atoms with Gasteiger partial charge in [-0.3, -0.25) is 14.2 Å². The Kier molecular flexibility index (Phi) is 5.92. The molecule has 0 aliphatic heterocycles. The van der Waals surface area contributed by atoms with Crippen LogP contribution < -0.4 is 15.6 Å². The molecule has 3 aromatic rings. The number of amides is 1. The molecule has 9 heteroatoms. The van der Waals surface area contributed by atoms with E-state index >= 15 is 0 Å². The van der Waals surface area contributed by atoms with Gasteiger partial charge in [-0.1, -0.05) is 0 Å². The molecule has 0 unspecified atom stereocenters. The summed E-state index contributed by atoms with van der Waals surface area (Å²) in [4.78, 5) is 31.1. The van der Waals surface area contributed by atoms with Gasteiger partial charge in [0.1, 0.15) is 17.8 Å². The molecule has 2 aromatic heterocycles. The van der Waals surface area contributed by atoms with Gasteiger partial charge in [-0.25, -0.2) is 0 Å². The third kappa shape index (κ3) is 4.04. The van der Waals surface area contributed by atoms with E-state index in [1.54, 1.807) is 13.2 Å².